The number of ether oxygens (including phenoxy) is 3. The maximum absolute atomic E-state index is 14.5. The molecule has 0 saturated heterocycles. The Hall–Kier alpha value is -1.92. The summed E-state index contributed by atoms with van der Waals surface area (Å²) in [5.74, 6) is -1.68. The molecule has 0 heterocycles. The van der Waals surface area contributed by atoms with Crippen molar-refractivity contribution in [2.75, 3.05) is 13.2 Å². The summed E-state index contributed by atoms with van der Waals surface area (Å²) < 4.78 is 67.1. The van der Waals surface area contributed by atoms with Crippen molar-refractivity contribution in [3.63, 3.8) is 0 Å². The van der Waals surface area contributed by atoms with Crippen LogP contribution in [0.1, 0.15) is 44.9 Å². The van der Waals surface area contributed by atoms with Gasteiger partial charge in [-0.1, -0.05) is 37.8 Å². The number of allylic oxidation sites excluding steroid dienone is 1. The molecule has 0 N–H and O–H groups in total. The van der Waals surface area contributed by atoms with Gasteiger partial charge in [0.1, 0.15) is 6.61 Å². The minimum absolute atomic E-state index is 0.0841. The van der Waals surface area contributed by atoms with Crippen LogP contribution in [0, 0.1) is 17.7 Å². The molecular weight excluding hydrogens is 364 g/mol. The van der Waals surface area contributed by atoms with Gasteiger partial charge < -0.3 is 14.2 Å². The summed E-state index contributed by atoms with van der Waals surface area (Å²) in [6, 6.07) is 2.53. The SMILES string of the molecule is Fc1c(OC/C=C/C2CCC2)ccc(OCCC2CCC2)c1OC(F)(F)F. The van der Waals surface area contributed by atoms with E-state index in [0.717, 1.165) is 32.1 Å². The van der Waals surface area contributed by atoms with Crippen molar-refractivity contribution >= 4 is 0 Å². The summed E-state index contributed by atoms with van der Waals surface area (Å²) in [7, 11) is 0. The first-order valence-corrected chi connectivity index (χ1v) is 9.43. The molecule has 0 amide bonds. The molecule has 2 aliphatic rings. The van der Waals surface area contributed by atoms with E-state index in [1.807, 2.05) is 6.08 Å². The molecule has 0 aliphatic heterocycles. The molecule has 0 aromatic heterocycles. The van der Waals surface area contributed by atoms with Gasteiger partial charge in [-0.3, -0.25) is 0 Å². The van der Waals surface area contributed by atoms with Gasteiger partial charge >= 0.3 is 6.36 Å². The van der Waals surface area contributed by atoms with Crippen LogP contribution in [0.2, 0.25) is 0 Å². The number of benzene rings is 1. The first-order chi connectivity index (χ1) is 12.9. The summed E-state index contributed by atoms with van der Waals surface area (Å²) in [5.41, 5.74) is 0. The van der Waals surface area contributed by atoms with Crippen molar-refractivity contribution in [2.24, 2.45) is 11.8 Å². The van der Waals surface area contributed by atoms with Crippen molar-refractivity contribution in [3.05, 3.63) is 30.1 Å². The lowest BCUT2D eigenvalue weighted by atomic mass is 9.83. The Morgan fingerprint density at radius 1 is 1.00 bits per heavy atom. The van der Waals surface area contributed by atoms with Crippen LogP contribution in [0.5, 0.6) is 17.2 Å². The number of rotatable bonds is 9. The van der Waals surface area contributed by atoms with Crippen molar-refractivity contribution < 1.29 is 31.8 Å². The standard InChI is InChI=1S/C20H24F4O3/c21-18-16(25-12-3-8-14-4-1-5-14)9-10-17(19(18)27-20(22,23)24)26-13-11-15-6-2-7-15/h3,8-10,14-15H,1-2,4-7,11-13H2/b8-3+. The molecule has 3 nitrogen and oxygen atoms in total. The molecule has 2 fully saturated rings. The summed E-state index contributed by atoms with van der Waals surface area (Å²) >= 11 is 0. The first-order valence-electron chi connectivity index (χ1n) is 9.43. The van der Waals surface area contributed by atoms with Gasteiger partial charge in [-0.15, -0.1) is 13.2 Å². The second-order valence-electron chi connectivity index (χ2n) is 7.12. The summed E-state index contributed by atoms with van der Waals surface area (Å²) in [5, 5.41) is 0. The van der Waals surface area contributed by atoms with E-state index in [9.17, 15) is 17.6 Å². The Balaban J connectivity index is 1.64. The maximum atomic E-state index is 14.5. The van der Waals surface area contributed by atoms with Crippen LogP contribution in [0.15, 0.2) is 24.3 Å². The average Bonchev–Trinajstić information content (AvgIpc) is 2.51. The van der Waals surface area contributed by atoms with Crippen LogP contribution in [-0.2, 0) is 0 Å². The third-order valence-electron chi connectivity index (χ3n) is 5.14. The third-order valence-corrected chi connectivity index (χ3v) is 5.14. The zero-order chi connectivity index (χ0) is 19.3. The largest absolute Gasteiger partial charge is 0.573 e. The van der Waals surface area contributed by atoms with Crippen LogP contribution >= 0.6 is 0 Å². The van der Waals surface area contributed by atoms with Gasteiger partial charge in [-0.2, -0.15) is 4.39 Å². The fourth-order valence-corrected chi connectivity index (χ4v) is 3.09. The van der Waals surface area contributed by atoms with Gasteiger partial charge in [0, 0.05) is 0 Å². The quantitative estimate of drug-likeness (QED) is 0.382. The van der Waals surface area contributed by atoms with E-state index >= 15 is 0 Å². The molecule has 2 aliphatic carbocycles. The highest BCUT2D eigenvalue weighted by Gasteiger charge is 2.35. The summed E-state index contributed by atoms with van der Waals surface area (Å²) in [6.45, 7) is 0.309. The molecule has 2 saturated carbocycles. The van der Waals surface area contributed by atoms with Gasteiger partial charge in [0.15, 0.2) is 11.5 Å². The third kappa shape index (κ3) is 5.78. The Bertz CT molecular complexity index is 649. The van der Waals surface area contributed by atoms with E-state index in [1.165, 1.54) is 25.0 Å². The van der Waals surface area contributed by atoms with Gasteiger partial charge in [-0.05, 0) is 43.2 Å². The molecule has 1 aromatic carbocycles. The van der Waals surface area contributed by atoms with E-state index < -0.39 is 17.9 Å². The lowest BCUT2D eigenvalue weighted by Gasteiger charge is -2.25. The second-order valence-corrected chi connectivity index (χ2v) is 7.12. The summed E-state index contributed by atoms with van der Waals surface area (Å²) in [6.07, 6.45) is 6.29. The van der Waals surface area contributed by atoms with Crippen LogP contribution < -0.4 is 14.2 Å². The zero-order valence-corrected chi connectivity index (χ0v) is 15.1. The van der Waals surface area contributed by atoms with Crippen molar-refractivity contribution in [1.29, 1.82) is 0 Å². The van der Waals surface area contributed by atoms with E-state index in [2.05, 4.69) is 4.74 Å². The molecule has 150 valence electrons. The smallest absolute Gasteiger partial charge is 0.490 e. The molecule has 7 heteroatoms. The van der Waals surface area contributed by atoms with Gasteiger partial charge in [0.2, 0.25) is 11.6 Å². The van der Waals surface area contributed by atoms with E-state index in [0.29, 0.717) is 11.8 Å². The molecule has 0 unspecified atom stereocenters. The number of hydrogen-bond donors (Lipinski definition) is 0. The van der Waals surface area contributed by atoms with Gasteiger partial charge in [0.25, 0.3) is 0 Å². The average molecular weight is 388 g/mol. The highest BCUT2D eigenvalue weighted by atomic mass is 19.4. The van der Waals surface area contributed by atoms with E-state index in [-0.39, 0.29) is 24.7 Å². The highest BCUT2D eigenvalue weighted by molar-refractivity contribution is 5.47. The minimum Gasteiger partial charge on any atom is -0.490 e. The lowest BCUT2D eigenvalue weighted by molar-refractivity contribution is -0.276. The Morgan fingerprint density at radius 2 is 1.70 bits per heavy atom. The highest BCUT2D eigenvalue weighted by Crippen LogP contribution is 2.40. The number of halogens is 4. The summed E-state index contributed by atoms with van der Waals surface area (Å²) in [4.78, 5) is 0. The van der Waals surface area contributed by atoms with Crippen molar-refractivity contribution in [3.8, 4) is 17.2 Å². The van der Waals surface area contributed by atoms with Crippen LogP contribution in [0.4, 0.5) is 17.6 Å². The van der Waals surface area contributed by atoms with Gasteiger partial charge in [0.05, 0.1) is 6.61 Å². The fraction of sp³-hybridized carbons (Fsp3) is 0.600. The molecular formula is C20H24F4O3. The predicted molar refractivity (Wildman–Crippen MR) is 92.5 cm³/mol. The van der Waals surface area contributed by atoms with Crippen molar-refractivity contribution in [1.82, 2.24) is 0 Å². The number of hydrogen-bond acceptors (Lipinski definition) is 3. The van der Waals surface area contributed by atoms with Crippen LogP contribution in [0.3, 0.4) is 0 Å². The van der Waals surface area contributed by atoms with E-state index in [4.69, 9.17) is 9.47 Å². The fourth-order valence-electron chi connectivity index (χ4n) is 3.09. The molecule has 0 atom stereocenters. The molecule has 1 aromatic rings. The number of alkyl halides is 3. The monoisotopic (exact) mass is 388 g/mol. The van der Waals surface area contributed by atoms with Crippen LogP contribution in [0.25, 0.3) is 0 Å². The Labute approximate surface area is 156 Å². The normalized spacial score (nSPS) is 18.2. The van der Waals surface area contributed by atoms with Gasteiger partial charge in [-0.25, -0.2) is 0 Å². The Morgan fingerprint density at radius 3 is 2.30 bits per heavy atom. The first kappa shape index (κ1) is 19.8. The molecule has 3 rings (SSSR count). The topological polar surface area (TPSA) is 27.7 Å². The van der Waals surface area contributed by atoms with E-state index in [1.54, 1.807) is 6.08 Å². The lowest BCUT2D eigenvalue weighted by Crippen LogP contribution is -2.19. The van der Waals surface area contributed by atoms with Crippen LogP contribution in [-0.4, -0.2) is 19.6 Å². The second kappa shape index (κ2) is 8.85. The predicted octanol–water partition coefficient (Wildman–Crippen LogP) is 6.03. The molecule has 0 bridgehead atoms. The molecule has 0 spiro atoms. The Kier molecular flexibility index (Phi) is 6.50. The maximum Gasteiger partial charge on any atom is 0.573 e. The zero-order valence-electron chi connectivity index (χ0n) is 15.1. The molecule has 27 heavy (non-hydrogen) atoms. The van der Waals surface area contributed by atoms with Crippen molar-refractivity contribution in [2.45, 2.75) is 51.3 Å². The minimum atomic E-state index is -5.02. The molecule has 0 radical (unpaired) electrons.